The second-order valence-electron chi connectivity index (χ2n) is 3.90. The summed E-state index contributed by atoms with van der Waals surface area (Å²) in [6.07, 6.45) is 1.31. The topological polar surface area (TPSA) is 26.7 Å². The summed E-state index contributed by atoms with van der Waals surface area (Å²) in [5.74, 6) is 0.812. The summed E-state index contributed by atoms with van der Waals surface area (Å²) in [5.41, 5.74) is 0. The summed E-state index contributed by atoms with van der Waals surface area (Å²) >= 11 is 0. The van der Waals surface area contributed by atoms with E-state index in [2.05, 4.69) is 23.9 Å². The van der Waals surface area contributed by atoms with E-state index >= 15 is 0 Å². The molecule has 0 bridgehead atoms. The number of hydrogen-bond donors (Lipinski definition) is 1. The van der Waals surface area contributed by atoms with Crippen LogP contribution in [0.5, 0.6) is 0 Å². The Morgan fingerprint density at radius 2 is 2.33 bits per heavy atom. The summed E-state index contributed by atoms with van der Waals surface area (Å²) in [7, 11) is 4.25. The van der Waals surface area contributed by atoms with Crippen molar-refractivity contribution in [1.29, 1.82) is 0 Å². The van der Waals surface area contributed by atoms with Gasteiger partial charge in [0.05, 0.1) is 6.61 Å². The van der Waals surface area contributed by atoms with Crippen LogP contribution >= 0.6 is 0 Å². The molecule has 0 aliphatic carbocycles. The molecule has 1 aliphatic rings. The number of likely N-dealkylation sites (N-methyl/N-ethyl adjacent to an activating group) is 1. The van der Waals surface area contributed by atoms with Gasteiger partial charge in [-0.15, -0.1) is 0 Å². The number of hydrogen-bond acceptors (Lipinski definition) is 3. The van der Waals surface area contributed by atoms with E-state index in [1.807, 2.05) is 0 Å². The van der Waals surface area contributed by atoms with E-state index in [-0.39, 0.29) is 6.61 Å². The molecule has 0 aromatic heterocycles. The summed E-state index contributed by atoms with van der Waals surface area (Å²) in [4.78, 5) is 4.58. The predicted octanol–water partition coefficient (Wildman–Crippen LogP) is -0.138. The molecule has 1 atom stereocenters. The fourth-order valence-electron chi connectivity index (χ4n) is 1.88. The van der Waals surface area contributed by atoms with Gasteiger partial charge >= 0.3 is 0 Å². The first-order chi connectivity index (χ1) is 5.72. The third-order valence-corrected chi connectivity index (χ3v) is 2.54. The highest BCUT2D eigenvalue weighted by molar-refractivity contribution is 4.74. The highest BCUT2D eigenvalue weighted by atomic mass is 16.3. The summed E-state index contributed by atoms with van der Waals surface area (Å²) in [5, 5.41) is 8.71. The van der Waals surface area contributed by atoms with Gasteiger partial charge in [0.15, 0.2) is 0 Å². The summed E-state index contributed by atoms with van der Waals surface area (Å²) < 4.78 is 0. The summed E-state index contributed by atoms with van der Waals surface area (Å²) in [6, 6.07) is 0. The van der Waals surface area contributed by atoms with E-state index < -0.39 is 0 Å². The molecule has 0 spiro atoms. The number of likely N-dealkylation sites (tertiary alicyclic amines) is 1. The van der Waals surface area contributed by atoms with Crippen molar-refractivity contribution >= 4 is 0 Å². The van der Waals surface area contributed by atoms with Crippen molar-refractivity contribution in [2.75, 3.05) is 46.9 Å². The van der Waals surface area contributed by atoms with Gasteiger partial charge in [-0.2, -0.15) is 0 Å². The van der Waals surface area contributed by atoms with Gasteiger partial charge in [0, 0.05) is 19.6 Å². The Kier molecular flexibility index (Phi) is 3.98. The minimum Gasteiger partial charge on any atom is -0.395 e. The highest BCUT2D eigenvalue weighted by Gasteiger charge is 2.20. The molecule has 72 valence electrons. The number of nitrogens with zero attached hydrogens (tertiary/aromatic N) is 2. The van der Waals surface area contributed by atoms with Crippen LogP contribution in [0.15, 0.2) is 0 Å². The first kappa shape index (κ1) is 9.96. The van der Waals surface area contributed by atoms with Crippen LogP contribution in [0.3, 0.4) is 0 Å². The van der Waals surface area contributed by atoms with Crippen LogP contribution in [0, 0.1) is 5.92 Å². The Bertz CT molecular complexity index is 130. The van der Waals surface area contributed by atoms with Crippen LogP contribution in [-0.4, -0.2) is 61.8 Å². The molecule has 12 heavy (non-hydrogen) atoms. The Morgan fingerprint density at radius 3 is 2.83 bits per heavy atom. The van der Waals surface area contributed by atoms with E-state index in [1.54, 1.807) is 0 Å². The summed E-state index contributed by atoms with van der Waals surface area (Å²) in [6.45, 7) is 4.66. The molecule has 0 unspecified atom stereocenters. The van der Waals surface area contributed by atoms with Crippen molar-refractivity contribution in [3.05, 3.63) is 0 Å². The molecule has 0 amide bonds. The van der Waals surface area contributed by atoms with Crippen molar-refractivity contribution in [3.8, 4) is 0 Å². The average Bonchev–Trinajstić information content (AvgIpc) is 2.36. The molecule has 1 fully saturated rings. The standard InChI is InChI=1S/C9H20N2O/c1-10-4-3-9(7-10)8-11(2)5-6-12/h9,12H,3-8H2,1-2H3/t9-/m0/s1. The van der Waals surface area contributed by atoms with E-state index in [0.717, 1.165) is 19.0 Å². The molecule has 1 rings (SSSR count). The van der Waals surface area contributed by atoms with Crippen LogP contribution in [0.2, 0.25) is 0 Å². The van der Waals surface area contributed by atoms with E-state index in [1.165, 1.54) is 19.5 Å². The van der Waals surface area contributed by atoms with Crippen molar-refractivity contribution in [2.45, 2.75) is 6.42 Å². The Balaban J connectivity index is 2.14. The second-order valence-corrected chi connectivity index (χ2v) is 3.90. The van der Waals surface area contributed by atoms with Crippen LogP contribution in [-0.2, 0) is 0 Å². The third kappa shape index (κ3) is 3.09. The first-order valence-corrected chi connectivity index (χ1v) is 4.70. The molecule has 0 aromatic carbocycles. The van der Waals surface area contributed by atoms with Crippen LogP contribution in [0.1, 0.15) is 6.42 Å². The Labute approximate surface area is 75.0 Å². The van der Waals surface area contributed by atoms with E-state index in [9.17, 15) is 0 Å². The number of aliphatic hydroxyl groups excluding tert-OH is 1. The molecular weight excluding hydrogens is 152 g/mol. The fraction of sp³-hybridized carbons (Fsp3) is 1.00. The van der Waals surface area contributed by atoms with Crippen molar-refractivity contribution in [2.24, 2.45) is 5.92 Å². The molecule has 0 saturated carbocycles. The predicted molar refractivity (Wildman–Crippen MR) is 50.2 cm³/mol. The first-order valence-electron chi connectivity index (χ1n) is 4.70. The lowest BCUT2D eigenvalue weighted by atomic mass is 10.1. The van der Waals surface area contributed by atoms with Gasteiger partial charge in [-0.05, 0) is 33.0 Å². The van der Waals surface area contributed by atoms with Crippen molar-refractivity contribution in [1.82, 2.24) is 9.80 Å². The van der Waals surface area contributed by atoms with Gasteiger partial charge in [0.2, 0.25) is 0 Å². The van der Waals surface area contributed by atoms with Gasteiger partial charge in [-0.1, -0.05) is 0 Å². The molecule has 0 aromatic rings. The molecule has 1 aliphatic heterocycles. The van der Waals surface area contributed by atoms with Crippen LogP contribution < -0.4 is 0 Å². The zero-order chi connectivity index (χ0) is 8.97. The SMILES string of the molecule is CN(CCO)C[C@H]1CCN(C)C1. The monoisotopic (exact) mass is 172 g/mol. The minimum atomic E-state index is 0.277. The molecule has 3 nitrogen and oxygen atoms in total. The quantitative estimate of drug-likeness (QED) is 0.639. The van der Waals surface area contributed by atoms with Crippen LogP contribution in [0.25, 0.3) is 0 Å². The lowest BCUT2D eigenvalue weighted by molar-refractivity contribution is 0.202. The van der Waals surface area contributed by atoms with E-state index in [4.69, 9.17) is 5.11 Å². The minimum absolute atomic E-state index is 0.277. The average molecular weight is 172 g/mol. The normalized spacial score (nSPS) is 25.5. The molecular formula is C9H20N2O. The largest absolute Gasteiger partial charge is 0.395 e. The number of aliphatic hydroxyl groups is 1. The van der Waals surface area contributed by atoms with Crippen molar-refractivity contribution in [3.63, 3.8) is 0 Å². The highest BCUT2D eigenvalue weighted by Crippen LogP contribution is 2.14. The second kappa shape index (κ2) is 4.80. The Morgan fingerprint density at radius 1 is 1.58 bits per heavy atom. The van der Waals surface area contributed by atoms with Gasteiger partial charge in [-0.3, -0.25) is 0 Å². The Hall–Kier alpha value is -0.120. The zero-order valence-corrected chi connectivity index (χ0v) is 8.16. The maximum Gasteiger partial charge on any atom is 0.0558 e. The lowest BCUT2D eigenvalue weighted by Gasteiger charge is -2.19. The lowest BCUT2D eigenvalue weighted by Crippen LogP contribution is -2.29. The maximum absolute atomic E-state index is 8.71. The maximum atomic E-state index is 8.71. The number of rotatable bonds is 4. The van der Waals surface area contributed by atoms with E-state index in [0.29, 0.717) is 0 Å². The van der Waals surface area contributed by atoms with Gasteiger partial charge in [-0.25, -0.2) is 0 Å². The zero-order valence-electron chi connectivity index (χ0n) is 8.16. The molecule has 1 heterocycles. The van der Waals surface area contributed by atoms with Gasteiger partial charge in [0.1, 0.15) is 0 Å². The van der Waals surface area contributed by atoms with Crippen molar-refractivity contribution < 1.29 is 5.11 Å². The van der Waals surface area contributed by atoms with Gasteiger partial charge in [0.25, 0.3) is 0 Å². The molecule has 1 saturated heterocycles. The van der Waals surface area contributed by atoms with Crippen LogP contribution in [0.4, 0.5) is 0 Å². The fourth-order valence-corrected chi connectivity index (χ4v) is 1.88. The molecule has 1 N–H and O–H groups in total. The molecule has 0 radical (unpaired) electrons. The third-order valence-electron chi connectivity index (χ3n) is 2.54. The molecule has 3 heteroatoms. The van der Waals surface area contributed by atoms with Gasteiger partial charge < -0.3 is 14.9 Å². The smallest absolute Gasteiger partial charge is 0.0558 e.